The van der Waals surface area contributed by atoms with Gasteiger partial charge in [0.2, 0.25) is 11.8 Å². The zero-order chi connectivity index (χ0) is 41.4. The summed E-state index contributed by atoms with van der Waals surface area (Å²) in [5, 5.41) is 0. The first-order valence-corrected chi connectivity index (χ1v) is 21.6. The van der Waals surface area contributed by atoms with Crippen molar-refractivity contribution < 1.29 is 9.59 Å². The van der Waals surface area contributed by atoms with Gasteiger partial charge in [-0.3, -0.25) is 24.3 Å². The van der Waals surface area contributed by atoms with Gasteiger partial charge in [0.25, 0.3) is 0 Å². The maximum atomic E-state index is 12.6. The molecule has 0 radical (unpaired) electrons. The molecule has 2 saturated heterocycles. The Morgan fingerprint density at radius 1 is 0.534 bits per heavy atom. The smallest absolute Gasteiger partial charge is 0.227 e. The lowest BCUT2D eigenvalue weighted by atomic mass is 9.99. The number of amides is 2. The summed E-state index contributed by atoms with van der Waals surface area (Å²) in [5.74, 6) is 1.05. The normalized spacial score (nSPS) is 16.0. The number of rotatable bonds is 16. The van der Waals surface area contributed by atoms with Gasteiger partial charge in [-0.05, 0) is 75.9 Å². The summed E-state index contributed by atoms with van der Waals surface area (Å²) in [5.41, 5.74) is 3.64. The number of anilines is 2. The van der Waals surface area contributed by atoms with Crippen LogP contribution < -0.4 is 9.80 Å². The van der Waals surface area contributed by atoms with E-state index >= 15 is 0 Å². The van der Waals surface area contributed by atoms with Crippen molar-refractivity contribution in [3.8, 4) is 0 Å². The summed E-state index contributed by atoms with van der Waals surface area (Å²) in [4.78, 5) is 43.7. The lowest BCUT2D eigenvalue weighted by Crippen LogP contribution is -2.59. The number of carbonyl (C=O) groups is 2. The van der Waals surface area contributed by atoms with E-state index in [1.54, 1.807) is 6.20 Å². The maximum absolute atomic E-state index is 12.6. The van der Waals surface area contributed by atoms with Crippen LogP contribution in [-0.4, -0.2) is 126 Å². The second-order valence-electron chi connectivity index (χ2n) is 16.9. The minimum atomic E-state index is -0.103. The van der Waals surface area contributed by atoms with E-state index in [2.05, 4.69) is 113 Å². The fraction of sp³-hybridized carbons (Fsp3) is 0.490. The molecule has 2 aliphatic heterocycles. The average Bonchev–Trinajstić information content (AvgIpc) is 3.27. The standard InChI is InChI=1S/C25H35N3O.C24H34N4O/c1-4-24(29)28(23-13-9-6-10-14-23)21-25(2,3)27-19-17-26(18-20-27)16-15-22-11-7-5-8-12-22;1-4-23(29)28(22-12-8-9-14-25-22)20-24(2,3)27-18-16-26(17-19-27)15-13-21-10-6-5-7-11-21/h5-14H,4,15-21H2,1-3H3;5-12,14H,4,13,15-20H2,1-3H3. The summed E-state index contributed by atoms with van der Waals surface area (Å²) in [6.07, 6.45) is 4.97. The Hall–Kier alpha value is -4.41. The lowest BCUT2D eigenvalue weighted by Gasteiger charge is -2.46. The van der Waals surface area contributed by atoms with Crippen molar-refractivity contribution in [2.75, 3.05) is 88.3 Å². The van der Waals surface area contributed by atoms with Crippen molar-refractivity contribution in [2.45, 2.75) is 78.3 Å². The van der Waals surface area contributed by atoms with E-state index in [9.17, 15) is 9.59 Å². The minimum Gasteiger partial charge on any atom is -0.311 e. The molecule has 1 aromatic heterocycles. The molecule has 0 spiro atoms. The van der Waals surface area contributed by atoms with Gasteiger partial charge in [0, 0.05) is 114 Å². The zero-order valence-corrected chi connectivity index (χ0v) is 36.2. The second kappa shape index (κ2) is 22.1. The van der Waals surface area contributed by atoms with Crippen LogP contribution in [0, 0.1) is 0 Å². The number of carbonyl (C=O) groups excluding carboxylic acids is 2. The number of piperazine rings is 2. The summed E-state index contributed by atoms with van der Waals surface area (Å²) >= 11 is 0. The number of aromatic nitrogens is 1. The van der Waals surface area contributed by atoms with Crippen molar-refractivity contribution >= 4 is 23.3 Å². The van der Waals surface area contributed by atoms with Crippen LogP contribution in [0.15, 0.2) is 115 Å². The third kappa shape index (κ3) is 13.3. The van der Waals surface area contributed by atoms with E-state index in [1.807, 2.05) is 72.2 Å². The predicted octanol–water partition coefficient (Wildman–Crippen LogP) is 7.53. The summed E-state index contributed by atoms with van der Waals surface area (Å²) in [6.45, 7) is 24.9. The zero-order valence-electron chi connectivity index (χ0n) is 36.2. The van der Waals surface area contributed by atoms with Gasteiger partial charge in [-0.1, -0.05) is 98.8 Å². The minimum absolute atomic E-state index is 0.0633. The van der Waals surface area contributed by atoms with Gasteiger partial charge in [-0.2, -0.15) is 0 Å². The van der Waals surface area contributed by atoms with Crippen LogP contribution in [0.1, 0.15) is 65.5 Å². The molecule has 0 aliphatic carbocycles. The molecule has 2 aliphatic rings. The maximum Gasteiger partial charge on any atom is 0.227 e. The number of nitrogens with zero attached hydrogens (tertiary/aromatic N) is 7. The molecule has 0 bridgehead atoms. The molecule has 9 nitrogen and oxygen atoms in total. The monoisotopic (exact) mass is 788 g/mol. The first-order valence-electron chi connectivity index (χ1n) is 21.6. The predicted molar refractivity (Wildman–Crippen MR) is 240 cm³/mol. The first-order chi connectivity index (χ1) is 28.0. The number of pyridine rings is 1. The Morgan fingerprint density at radius 3 is 1.34 bits per heavy atom. The van der Waals surface area contributed by atoms with Crippen LogP contribution in [0.4, 0.5) is 11.5 Å². The molecular weight excluding hydrogens is 719 g/mol. The van der Waals surface area contributed by atoms with E-state index in [0.29, 0.717) is 25.9 Å². The van der Waals surface area contributed by atoms with Crippen molar-refractivity contribution in [3.05, 3.63) is 127 Å². The molecular formula is C49H69N7O2. The summed E-state index contributed by atoms with van der Waals surface area (Å²) in [6, 6.07) is 37.3. The van der Waals surface area contributed by atoms with E-state index in [1.165, 1.54) is 11.1 Å². The molecule has 9 heteroatoms. The molecule has 6 rings (SSSR count). The van der Waals surface area contributed by atoms with Crippen molar-refractivity contribution in [1.29, 1.82) is 0 Å². The van der Waals surface area contributed by atoms with Crippen LogP contribution >= 0.6 is 0 Å². The highest BCUT2D eigenvalue weighted by Gasteiger charge is 2.35. The third-order valence-corrected chi connectivity index (χ3v) is 11.9. The molecule has 2 fully saturated rings. The van der Waals surface area contributed by atoms with Crippen LogP contribution in [0.5, 0.6) is 0 Å². The van der Waals surface area contributed by atoms with Gasteiger partial charge < -0.3 is 14.7 Å². The summed E-state index contributed by atoms with van der Waals surface area (Å²) in [7, 11) is 0. The SMILES string of the molecule is CCC(=O)N(CC(C)(C)N1CCN(CCc2ccccc2)CC1)c1ccccc1.CCC(=O)N(CC(C)(C)N1CCN(CCc2ccccc2)CC1)c1ccccn1. The topological polar surface area (TPSA) is 66.5 Å². The van der Waals surface area contributed by atoms with Crippen molar-refractivity contribution in [1.82, 2.24) is 24.6 Å². The van der Waals surface area contributed by atoms with E-state index < -0.39 is 0 Å². The quantitative estimate of drug-likeness (QED) is 0.116. The van der Waals surface area contributed by atoms with Gasteiger partial charge in [-0.15, -0.1) is 0 Å². The van der Waals surface area contributed by atoms with Crippen molar-refractivity contribution in [2.24, 2.45) is 0 Å². The first kappa shape index (κ1) is 44.7. The van der Waals surface area contributed by atoms with E-state index in [-0.39, 0.29) is 22.9 Å². The molecule has 0 unspecified atom stereocenters. The molecule has 58 heavy (non-hydrogen) atoms. The Morgan fingerprint density at radius 2 is 0.931 bits per heavy atom. The molecule has 4 aromatic rings. The Labute approximate surface area is 349 Å². The number of para-hydroxylation sites is 1. The molecule has 0 saturated carbocycles. The van der Waals surface area contributed by atoms with Gasteiger partial charge in [0.05, 0.1) is 0 Å². The Balaban J connectivity index is 0.000000221. The van der Waals surface area contributed by atoms with E-state index in [4.69, 9.17) is 0 Å². The second-order valence-corrected chi connectivity index (χ2v) is 16.9. The van der Waals surface area contributed by atoms with Gasteiger partial charge in [-0.25, -0.2) is 4.98 Å². The Kier molecular flexibility index (Phi) is 17.0. The summed E-state index contributed by atoms with van der Waals surface area (Å²) < 4.78 is 0. The largest absolute Gasteiger partial charge is 0.311 e. The average molecular weight is 788 g/mol. The fourth-order valence-corrected chi connectivity index (χ4v) is 8.11. The van der Waals surface area contributed by atoms with Crippen LogP contribution in [0.25, 0.3) is 0 Å². The molecule has 3 aromatic carbocycles. The number of benzene rings is 3. The highest BCUT2D eigenvalue weighted by atomic mass is 16.2. The van der Waals surface area contributed by atoms with E-state index in [0.717, 1.165) is 89.8 Å². The van der Waals surface area contributed by atoms with Crippen LogP contribution in [-0.2, 0) is 22.4 Å². The molecule has 0 atom stereocenters. The molecule has 3 heterocycles. The van der Waals surface area contributed by atoms with Crippen molar-refractivity contribution in [3.63, 3.8) is 0 Å². The van der Waals surface area contributed by atoms with Gasteiger partial charge >= 0.3 is 0 Å². The van der Waals surface area contributed by atoms with Gasteiger partial charge in [0.1, 0.15) is 5.82 Å². The fourth-order valence-electron chi connectivity index (χ4n) is 8.11. The highest BCUT2D eigenvalue weighted by molar-refractivity contribution is 5.93. The van der Waals surface area contributed by atoms with Crippen LogP contribution in [0.3, 0.4) is 0 Å². The van der Waals surface area contributed by atoms with Crippen LogP contribution in [0.2, 0.25) is 0 Å². The molecule has 0 N–H and O–H groups in total. The number of hydrogen-bond donors (Lipinski definition) is 0. The Bertz CT molecular complexity index is 1640. The number of hydrogen-bond acceptors (Lipinski definition) is 7. The van der Waals surface area contributed by atoms with Gasteiger partial charge in [0.15, 0.2) is 0 Å². The molecule has 312 valence electrons. The highest BCUT2D eigenvalue weighted by Crippen LogP contribution is 2.25. The molecule has 2 amide bonds. The lowest BCUT2D eigenvalue weighted by molar-refractivity contribution is -0.119. The third-order valence-electron chi connectivity index (χ3n) is 11.9.